The van der Waals surface area contributed by atoms with Crippen molar-refractivity contribution in [2.24, 2.45) is 0 Å². The molecule has 4 heteroatoms. The van der Waals surface area contributed by atoms with Gasteiger partial charge >= 0.3 is 0 Å². The topological polar surface area (TPSA) is 56.1 Å². The number of carbonyl (C=O) groups excluding carboxylic acids is 1. The van der Waals surface area contributed by atoms with Gasteiger partial charge in [-0.05, 0) is 37.5 Å². The smallest absolute Gasteiger partial charge is 0.217 e. The van der Waals surface area contributed by atoms with Gasteiger partial charge in [-0.1, -0.05) is 6.07 Å². The van der Waals surface area contributed by atoms with Crippen LogP contribution in [-0.4, -0.2) is 25.0 Å². The summed E-state index contributed by atoms with van der Waals surface area (Å²) in [6, 6.07) is 8.43. The van der Waals surface area contributed by atoms with Crippen LogP contribution in [0, 0.1) is 18.3 Å². The van der Waals surface area contributed by atoms with Crippen LogP contribution >= 0.6 is 0 Å². The van der Waals surface area contributed by atoms with E-state index in [0.717, 1.165) is 42.7 Å². The molecular weight excluding hydrogens is 238 g/mol. The maximum Gasteiger partial charge on any atom is 0.217 e. The van der Waals surface area contributed by atoms with Gasteiger partial charge in [0, 0.05) is 26.1 Å². The molecule has 4 nitrogen and oxygen atoms in total. The molecule has 0 aromatic heterocycles. The summed E-state index contributed by atoms with van der Waals surface area (Å²) in [4.78, 5) is 13.3. The molecule has 1 aliphatic rings. The normalized spacial score (nSPS) is 15.9. The summed E-state index contributed by atoms with van der Waals surface area (Å²) in [5, 5.41) is 12.1. The van der Waals surface area contributed by atoms with Crippen molar-refractivity contribution in [3.63, 3.8) is 0 Å². The van der Waals surface area contributed by atoms with Gasteiger partial charge in [0.25, 0.3) is 0 Å². The molecule has 19 heavy (non-hydrogen) atoms. The highest BCUT2D eigenvalue weighted by molar-refractivity contribution is 5.73. The second-order valence-electron chi connectivity index (χ2n) is 5.09. The van der Waals surface area contributed by atoms with Crippen LogP contribution in [0.25, 0.3) is 0 Å². The zero-order chi connectivity index (χ0) is 13.8. The van der Waals surface area contributed by atoms with E-state index in [9.17, 15) is 10.1 Å². The predicted molar refractivity (Wildman–Crippen MR) is 74.9 cm³/mol. The molecule has 0 atom stereocenters. The molecule has 1 N–H and O–H groups in total. The number of hydrogen-bond donors (Lipinski definition) is 1. The molecule has 2 rings (SSSR count). The fourth-order valence-corrected chi connectivity index (χ4v) is 2.55. The number of benzene rings is 1. The summed E-state index contributed by atoms with van der Waals surface area (Å²) in [6.07, 6.45) is 1.86. The first kappa shape index (κ1) is 13.4. The van der Waals surface area contributed by atoms with Gasteiger partial charge in [-0.15, -0.1) is 0 Å². The molecule has 100 valence electrons. The highest BCUT2D eigenvalue weighted by atomic mass is 16.1. The van der Waals surface area contributed by atoms with Gasteiger partial charge < -0.3 is 10.2 Å². The summed E-state index contributed by atoms with van der Waals surface area (Å²) in [5.41, 5.74) is 2.91. The molecule has 0 radical (unpaired) electrons. The Morgan fingerprint density at radius 2 is 2.11 bits per heavy atom. The number of nitrogens with one attached hydrogen (secondary N) is 1. The molecule has 0 saturated carbocycles. The highest BCUT2D eigenvalue weighted by Crippen LogP contribution is 2.25. The second kappa shape index (κ2) is 5.75. The lowest BCUT2D eigenvalue weighted by atomic mass is 10.0. The fraction of sp³-hybridized carbons (Fsp3) is 0.467. The first-order valence-electron chi connectivity index (χ1n) is 6.63. The number of rotatable bonds is 2. The molecule has 0 spiro atoms. The Labute approximate surface area is 114 Å². The molecule has 1 saturated heterocycles. The first-order chi connectivity index (χ1) is 9.10. The van der Waals surface area contributed by atoms with Crippen LogP contribution in [0.4, 0.5) is 5.69 Å². The molecule has 0 bridgehead atoms. The minimum absolute atomic E-state index is 0.0340. The lowest BCUT2D eigenvalue weighted by Crippen LogP contribution is -2.44. The summed E-state index contributed by atoms with van der Waals surface area (Å²) in [5.74, 6) is 0.0340. The first-order valence-corrected chi connectivity index (χ1v) is 6.63. The van der Waals surface area contributed by atoms with E-state index < -0.39 is 0 Å². The Kier molecular flexibility index (Phi) is 4.06. The van der Waals surface area contributed by atoms with E-state index in [0.29, 0.717) is 0 Å². The van der Waals surface area contributed by atoms with E-state index >= 15 is 0 Å². The monoisotopic (exact) mass is 257 g/mol. The van der Waals surface area contributed by atoms with Crippen LogP contribution in [0.5, 0.6) is 0 Å². The van der Waals surface area contributed by atoms with E-state index in [1.54, 1.807) is 6.92 Å². The Balaban J connectivity index is 2.07. The summed E-state index contributed by atoms with van der Waals surface area (Å²) in [7, 11) is 0. The molecule has 1 aromatic rings. The number of aryl methyl sites for hydroxylation is 1. The second-order valence-corrected chi connectivity index (χ2v) is 5.09. The average Bonchev–Trinajstić information content (AvgIpc) is 2.39. The molecular formula is C15H19N3O. The Morgan fingerprint density at radius 3 is 2.68 bits per heavy atom. The molecule has 1 amide bonds. The lowest BCUT2D eigenvalue weighted by molar-refractivity contribution is -0.119. The van der Waals surface area contributed by atoms with Crippen molar-refractivity contribution in [1.82, 2.24) is 5.32 Å². The standard InChI is InChI=1S/C15H19N3O/c1-11-3-4-13(10-16)15(9-11)18-7-5-14(6-8-18)17-12(2)19/h3-4,9,14H,5-8H2,1-2H3,(H,17,19). The van der Waals surface area contributed by atoms with Crippen molar-refractivity contribution in [3.05, 3.63) is 29.3 Å². The quantitative estimate of drug-likeness (QED) is 0.881. The zero-order valence-electron chi connectivity index (χ0n) is 11.4. The van der Waals surface area contributed by atoms with E-state index in [2.05, 4.69) is 22.4 Å². The third-order valence-corrected chi connectivity index (χ3v) is 3.52. The number of nitrogens with zero attached hydrogens (tertiary/aromatic N) is 2. The number of nitriles is 1. The van der Waals surface area contributed by atoms with Gasteiger partial charge in [-0.3, -0.25) is 4.79 Å². The summed E-state index contributed by atoms with van der Waals surface area (Å²) >= 11 is 0. The van der Waals surface area contributed by atoms with E-state index in [-0.39, 0.29) is 11.9 Å². The van der Waals surface area contributed by atoms with Crippen LogP contribution in [-0.2, 0) is 4.79 Å². The molecule has 1 heterocycles. The molecule has 1 aliphatic heterocycles. The van der Waals surface area contributed by atoms with Gasteiger partial charge in [0.2, 0.25) is 5.91 Å². The van der Waals surface area contributed by atoms with Crippen molar-refractivity contribution in [2.75, 3.05) is 18.0 Å². The number of anilines is 1. The largest absolute Gasteiger partial charge is 0.370 e. The number of hydrogen-bond acceptors (Lipinski definition) is 3. The van der Waals surface area contributed by atoms with Crippen LogP contribution in [0.2, 0.25) is 0 Å². The predicted octanol–water partition coefficient (Wildman–Crippen LogP) is 1.97. The fourth-order valence-electron chi connectivity index (χ4n) is 2.55. The third-order valence-electron chi connectivity index (χ3n) is 3.52. The van der Waals surface area contributed by atoms with E-state index in [4.69, 9.17) is 0 Å². The van der Waals surface area contributed by atoms with Gasteiger partial charge in [0.15, 0.2) is 0 Å². The zero-order valence-corrected chi connectivity index (χ0v) is 11.4. The van der Waals surface area contributed by atoms with Gasteiger partial charge in [-0.2, -0.15) is 5.26 Å². The van der Waals surface area contributed by atoms with E-state index in [1.807, 2.05) is 19.1 Å². The highest BCUT2D eigenvalue weighted by Gasteiger charge is 2.21. The minimum Gasteiger partial charge on any atom is -0.370 e. The van der Waals surface area contributed by atoms with Crippen molar-refractivity contribution >= 4 is 11.6 Å². The Morgan fingerprint density at radius 1 is 1.42 bits per heavy atom. The van der Waals surface area contributed by atoms with Gasteiger partial charge in [0.05, 0.1) is 11.3 Å². The van der Waals surface area contributed by atoms with Crippen LogP contribution in [0.15, 0.2) is 18.2 Å². The number of amides is 1. The summed E-state index contributed by atoms with van der Waals surface area (Å²) in [6.45, 7) is 5.35. The van der Waals surface area contributed by atoms with Crippen molar-refractivity contribution < 1.29 is 4.79 Å². The van der Waals surface area contributed by atoms with Gasteiger partial charge in [-0.25, -0.2) is 0 Å². The Hall–Kier alpha value is -2.02. The van der Waals surface area contributed by atoms with Crippen molar-refractivity contribution in [2.45, 2.75) is 32.7 Å². The SMILES string of the molecule is CC(=O)NC1CCN(c2cc(C)ccc2C#N)CC1. The maximum absolute atomic E-state index is 11.0. The number of piperidine rings is 1. The molecule has 0 unspecified atom stereocenters. The minimum atomic E-state index is 0.0340. The van der Waals surface area contributed by atoms with Crippen molar-refractivity contribution in [1.29, 1.82) is 5.26 Å². The van der Waals surface area contributed by atoms with Crippen molar-refractivity contribution in [3.8, 4) is 6.07 Å². The average molecular weight is 257 g/mol. The van der Waals surface area contributed by atoms with Crippen LogP contribution < -0.4 is 10.2 Å². The summed E-state index contributed by atoms with van der Waals surface area (Å²) < 4.78 is 0. The number of carbonyl (C=O) groups is 1. The van der Waals surface area contributed by atoms with E-state index in [1.165, 1.54) is 0 Å². The maximum atomic E-state index is 11.0. The molecule has 0 aliphatic carbocycles. The lowest BCUT2D eigenvalue weighted by Gasteiger charge is -2.34. The molecule has 1 fully saturated rings. The third kappa shape index (κ3) is 3.25. The Bertz CT molecular complexity index is 511. The molecule has 1 aromatic carbocycles. The van der Waals surface area contributed by atoms with Crippen LogP contribution in [0.1, 0.15) is 30.9 Å². The van der Waals surface area contributed by atoms with Gasteiger partial charge in [0.1, 0.15) is 6.07 Å². The van der Waals surface area contributed by atoms with Crippen LogP contribution in [0.3, 0.4) is 0 Å².